The van der Waals surface area contributed by atoms with Gasteiger partial charge in [0.2, 0.25) is 5.91 Å². The number of nitrogens with zero attached hydrogens (tertiary/aromatic N) is 1. The molecule has 160 valence electrons. The summed E-state index contributed by atoms with van der Waals surface area (Å²) < 4.78 is 6.10. The fourth-order valence-electron chi connectivity index (χ4n) is 4.12. The molecule has 1 aliphatic heterocycles. The molecule has 0 aliphatic carbocycles. The van der Waals surface area contributed by atoms with Crippen LogP contribution in [0.2, 0.25) is 0 Å². The number of rotatable bonds is 4. The number of hydrogen-bond donors (Lipinski definition) is 1. The molecule has 5 nitrogen and oxygen atoms in total. The van der Waals surface area contributed by atoms with Gasteiger partial charge >= 0.3 is 0 Å². The first kappa shape index (κ1) is 20.1. The minimum Gasteiger partial charge on any atom is -0.461 e. The molecule has 1 N–H and O–H groups in total. The highest BCUT2D eigenvalue weighted by Crippen LogP contribution is 2.31. The molecule has 0 saturated heterocycles. The summed E-state index contributed by atoms with van der Waals surface area (Å²) in [4.78, 5) is 26.6. The third-order valence-corrected chi connectivity index (χ3v) is 5.92. The van der Waals surface area contributed by atoms with Gasteiger partial charge in [-0.2, -0.15) is 0 Å². The molecule has 1 aliphatic rings. The van der Waals surface area contributed by atoms with Crippen LogP contribution in [0.1, 0.15) is 35.0 Å². The van der Waals surface area contributed by atoms with Crippen molar-refractivity contribution in [2.45, 2.75) is 26.3 Å². The summed E-state index contributed by atoms with van der Waals surface area (Å²) in [7, 11) is 0. The zero-order valence-corrected chi connectivity index (χ0v) is 17.9. The second-order valence-corrected chi connectivity index (χ2v) is 8.08. The highest BCUT2D eigenvalue weighted by atomic mass is 16.3. The lowest BCUT2D eigenvalue weighted by molar-refractivity contribution is -0.115. The number of benzene rings is 3. The summed E-state index contributed by atoms with van der Waals surface area (Å²) in [5.74, 6) is 1.75. The molecule has 0 bridgehead atoms. The molecule has 0 spiro atoms. The van der Waals surface area contributed by atoms with E-state index in [9.17, 15) is 9.59 Å². The molecule has 2 amide bonds. The average molecular weight is 425 g/mol. The van der Waals surface area contributed by atoms with Crippen LogP contribution in [0, 0.1) is 0 Å². The van der Waals surface area contributed by atoms with Gasteiger partial charge in [0.05, 0.1) is 0 Å². The number of nitrogens with one attached hydrogen (secondary N) is 1. The zero-order chi connectivity index (χ0) is 22.1. The van der Waals surface area contributed by atoms with E-state index in [2.05, 4.69) is 5.32 Å². The smallest absolute Gasteiger partial charge is 0.254 e. The summed E-state index contributed by atoms with van der Waals surface area (Å²) in [6.07, 6.45) is 1.14. The Kier molecular flexibility index (Phi) is 5.23. The lowest BCUT2D eigenvalue weighted by Crippen LogP contribution is -2.35. The van der Waals surface area contributed by atoms with Crippen molar-refractivity contribution in [2.24, 2.45) is 0 Å². The van der Waals surface area contributed by atoms with Gasteiger partial charge in [-0.05, 0) is 53.2 Å². The maximum absolute atomic E-state index is 13.1. The van der Waals surface area contributed by atoms with Crippen LogP contribution in [0.25, 0.3) is 22.1 Å². The lowest BCUT2D eigenvalue weighted by Gasteiger charge is -2.26. The van der Waals surface area contributed by atoms with E-state index in [-0.39, 0.29) is 11.8 Å². The second kappa shape index (κ2) is 8.35. The summed E-state index contributed by atoms with van der Waals surface area (Å²) in [5, 5.41) is 5.05. The zero-order valence-electron chi connectivity index (χ0n) is 17.9. The maximum atomic E-state index is 13.1. The normalized spacial score (nSPS) is 13.1. The Labute approximate surface area is 186 Å². The van der Waals surface area contributed by atoms with Crippen LogP contribution in [-0.2, 0) is 17.8 Å². The molecule has 5 rings (SSSR count). The Morgan fingerprint density at radius 1 is 0.969 bits per heavy atom. The number of carbonyl (C=O) groups is 2. The Morgan fingerprint density at radius 3 is 2.53 bits per heavy atom. The molecule has 0 radical (unpaired) electrons. The second-order valence-electron chi connectivity index (χ2n) is 8.08. The summed E-state index contributed by atoms with van der Waals surface area (Å²) in [6, 6.07) is 23.6. The third-order valence-electron chi connectivity index (χ3n) is 5.92. The van der Waals surface area contributed by atoms with Crippen LogP contribution in [0.15, 0.2) is 77.2 Å². The maximum Gasteiger partial charge on any atom is 0.254 e. The molecule has 2 heterocycles. The average Bonchev–Trinajstić information content (AvgIpc) is 3.27. The van der Waals surface area contributed by atoms with E-state index in [1.54, 1.807) is 0 Å². The summed E-state index contributed by atoms with van der Waals surface area (Å²) >= 11 is 0. The monoisotopic (exact) mass is 424 g/mol. The van der Waals surface area contributed by atoms with Gasteiger partial charge in [0.1, 0.15) is 11.5 Å². The van der Waals surface area contributed by atoms with E-state index in [4.69, 9.17) is 4.42 Å². The topological polar surface area (TPSA) is 62.6 Å². The van der Waals surface area contributed by atoms with E-state index < -0.39 is 0 Å². The van der Waals surface area contributed by atoms with Crippen molar-refractivity contribution < 1.29 is 14.0 Å². The predicted molar refractivity (Wildman–Crippen MR) is 125 cm³/mol. The van der Waals surface area contributed by atoms with Gasteiger partial charge in [-0.25, -0.2) is 0 Å². The fraction of sp³-hybridized carbons (Fsp3) is 0.185. The molecular formula is C27H24N2O3. The molecule has 0 fully saturated rings. The van der Waals surface area contributed by atoms with Crippen LogP contribution in [0.5, 0.6) is 0 Å². The van der Waals surface area contributed by atoms with E-state index >= 15 is 0 Å². The fourth-order valence-corrected chi connectivity index (χ4v) is 4.12. The molecule has 0 atom stereocenters. The first-order valence-electron chi connectivity index (χ1n) is 10.9. The molecule has 0 saturated carbocycles. The van der Waals surface area contributed by atoms with Gasteiger partial charge < -0.3 is 14.6 Å². The van der Waals surface area contributed by atoms with Crippen LogP contribution in [0.3, 0.4) is 0 Å². The van der Waals surface area contributed by atoms with Crippen molar-refractivity contribution in [2.75, 3.05) is 11.9 Å². The van der Waals surface area contributed by atoms with Gasteiger partial charge in [-0.3, -0.25) is 9.59 Å². The van der Waals surface area contributed by atoms with E-state index in [1.165, 1.54) is 0 Å². The first-order chi connectivity index (χ1) is 15.6. The SMILES string of the molecule is CCC(=O)Nc1ccc(-c2cc3c(o2)CCN(C(=O)c2ccc4ccccc4c2)C3)cc1. The highest BCUT2D eigenvalue weighted by molar-refractivity contribution is 5.98. The van der Waals surface area contributed by atoms with Crippen LogP contribution >= 0.6 is 0 Å². The lowest BCUT2D eigenvalue weighted by atomic mass is 10.0. The highest BCUT2D eigenvalue weighted by Gasteiger charge is 2.25. The molecule has 4 aromatic rings. The number of furan rings is 1. The number of carbonyl (C=O) groups excluding carboxylic acids is 2. The number of amides is 2. The van der Waals surface area contributed by atoms with Crippen molar-refractivity contribution in [3.05, 3.63) is 89.7 Å². The van der Waals surface area contributed by atoms with E-state index in [1.807, 2.05) is 84.6 Å². The van der Waals surface area contributed by atoms with E-state index in [0.717, 1.165) is 39.1 Å². The molecular weight excluding hydrogens is 400 g/mol. The largest absolute Gasteiger partial charge is 0.461 e. The van der Waals surface area contributed by atoms with Crippen molar-refractivity contribution in [1.82, 2.24) is 4.90 Å². The standard InChI is InChI=1S/C27H24N2O3/c1-2-26(30)28-23-11-9-19(10-12-23)25-16-22-17-29(14-13-24(22)32-25)27(31)21-8-7-18-5-3-4-6-20(18)15-21/h3-12,15-16H,2,13-14,17H2,1H3,(H,28,30). The minimum atomic E-state index is -0.0117. The Balaban J connectivity index is 1.33. The van der Waals surface area contributed by atoms with Gasteiger partial charge in [-0.15, -0.1) is 0 Å². The molecule has 5 heteroatoms. The molecule has 0 unspecified atom stereocenters. The summed E-state index contributed by atoms with van der Waals surface area (Å²) in [5.41, 5.74) is 3.47. The van der Waals surface area contributed by atoms with Crippen molar-refractivity contribution in [3.63, 3.8) is 0 Å². The van der Waals surface area contributed by atoms with Gasteiger partial charge in [-0.1, -0.05) is 37.3 Å². The van der Waals surface area contributed by atoms with Crippen molar-refractivity contribution in [3.8, 4) is 11.3 Å². The van der Waals surface area contributed by atoms with Crippen LogP contribution < -0.4 is 5.32 Å². The Hall–Kier alpha value is -3.86. The van der Waals surface area contributed by atoms with Gasteiger partial charge in [0.25, 0.3) is 5.91 Å². The first-order valence-corrected chi connectivity index (χ1v) is 10.9. The van der Waals surface area contributed by atoms with Crippen LogP contribution in [0.4, 0.5) is 5.69 Å². The Bertz CT molecular complexity index is 1300. The third kappa shape index (κ3) is 3.89. The van der Waals surface area contributed by atoms with Gasteiger partial charge in [0.15, 0.2) is 0 Å². The molecule has 32 heavy (non-hydrogen) atoms. The molecule has 1 aromatic heterocycles. The quantitative estimate of drug-likeness (QED) is 0.461. The number of anilines is 1. The van der Waals surface area contributed by atoms with Crippen molar-refractivity contribution in [1.29, 1.82) is 0 Å². The van der Waals surface area contributed by atoms with Crippen LogP contribution in [-0.4, -0.2) is 23.3 Å². The van der Waals surface area contributed by atoms with E-state index in [0.29, 0.717) is 31.5 Å². The summed E-state index contributed by atoms with van der Waals surface area (Å²) in [6.45, 7) is 2.99. The molecule has 3 aromatic carbocycles. The minimum absolute atomic E-state index is 0.0117. The van der Waals surface area contributed by atoms with Gasteiger partial charge in [0, 0.05) is 48.3 Å². The Morgan fingerprint density at radius 2 is 1.75 bits per heavy atom. The predicted octanol–water partition coefficient (Wildman–Crippen LogP) is 5.65. The number of hydrogen-bond acceptors (Lipinski definition) is 3. The number of fused-ring (bicyclic) bond motifs is 2. The van der Waals surface area contributed by atoms with Crippen molar-refractivity contribution >= 4 is 28.3 Å².